The van der Waals surface area contributed by atoms with Gasteiger partial charge in [0.05, 0.1) is 19.1 Å². The van der Waals surface area contributed by atoms with E-state index in [1.54, 1.807) is 32.4 Å². The van der Waals surface area contributed by atoms with Gasteiger partial charge in [-0.1, -0.05) is 54.6 Å². The molecule has 0 unspecified atom stereocenters. The van der Waals surface area contributed by atoms with Crippen molar-refractivity contribution in [3.63, 3.8) is 0 Å². The summed E-state index contributed by atoms with van der Waals surface area (Å²) < 4.78 is 46.8. The van der Waals surface area contributed by atoms with Crippen molar-refractivity contribution in [1.82, 2.24) is 0 Å². The van der Waals surface area contributed by atoms with Crippen molar-refractivity contribution in [2.24, 2.45) is 0 Å². The Balaban J connectivity index is 2.37. The van der Waals surface area contributed by atoms with Gasteiger partial charge in [0.25, 0.3) is 0 Å². The first-order chi connectivity index (χ1) is 13.0. The van der Waals surface area contributed by atoms with Crippen molar-refractivity contribution in [2.45, 2.75) is 4.90 Å². The zero-order valence-corrected chi connectivity index (χ0v) is 16.5. The smallest absolute Gasteiger partial charge is 0.127 e. The lowest BCUT2D eigenvalue weighted by Gasteiger charge is -2.25. The van der Waals surface area contributed by atoms with Gasteiger partial charge in [0.2, 0.25) is 0 Å². The Morgan fingerprint density at radius 3 is 1.56 bits per heavy atom. The maximum absolute atomic E-state index is 11.9. The van der Waals surface area contributed by atoms with Crippen LogP contribution in [0, 0.1) is 0 Å². The highest BCUT2D eigenvalue weighted by Gasteiger charge is 2.26. The Morgan fingerprint density at radius 1 is 0.704 bits per heavy atom. The first-order valence-electron chi connectivity index (χ1n) is 8.08. The van der Waals surface area contributed by atoms with Crippen LogP contribution >= 0.6 is 7.92 Å². The van der Waals surface area contributed by atoms with E-state index in [1.165, 1.54) is 6.07 Å². The zero-order chi connectivity index (χ0) is 19.4. The maximum Gasteiger partial charge on any atom is 0.127 e. The van der Waals surface area contributed by atoms with Crippen LogP contribution in [-0.2, 0) is 10.1 Å². The molecule has 0 spiro atoms. The molecule has 3 rings (SSSR count). The second-order valence-corrected chi connectivity index (χ2v) is 9.07. The Labute approximate surface area is 160 Å². The lowest BCUT2D eigenvalue weighted by atomic mass is 10.3. The predicted octanol–water partition coefficient (Wildman–Crippen LogP) is 2.37. The predicted molar refractivity (Wildman–Crippen MR) is 106 cm³/mol. The van der Waals surface area contributed by atoms with Crippen LogP contribution in [0.4, 0.5) is 0 Å². The van der Waals surface area contributed by atoms with Crippen LogP contribution in [0.3, 0.4) is 0 Å². The molecule has 5 nitrogen and oxygen atoms in total. The average molecular weight is 401 g/mol. The lowest BCUT2D eigenvalue weighted by Crippen LogP contribution is -2.26. The summed E-state index contributed by atoms with van der Waals surface area (Å²) in [7, 11) is -2.94. The fourth-order valence-electron chi connectivity index (χ4n) is 2.87. The van der Waals surface area contributed by atoms with Crippen LogP contribution in [0.5, 0.6) is 11.5 Å². The van der Waals surface area contributed by atoms with Crippen molar-refractivity contribution in [3.05, 3.63) is 72.8 Å². The van der Waals surface area contributed by atoms with Crippen molar-refractivity contribution in [1.29, 1.82) is 0 Å². The Bertz CT molecular complexity index is 1000. The molecule has 0 bridgehead atoms. The molecule has 3 aromatic rings. The van der Waals surface area contributed by atoms with Gasteiger partial charge in [-0.2, -0.15) is 0 Å². The Morgan fingerprint density at radius 2 is 1.11 bits per heavy atom. The standard InChI is InChI=1S/C20H19O5PS/c1-24-15-9-3-5-11-17(15)26(18-12-6-4-10-16(18)25-2)19-13-7-8-14-20(19)27(21,22)23/h3-14H,1-2H3,(H,21,22,23)/p-1. The van der Waals surface area contributed by atoms with Gasteiger partial charge in [-0.25, -0.2) is 8.42 Å². The second-order valence-electron chi connectivity index (χ2n) is 5.60. The summed E-state index contributed by atoms with van der Waals surface area (Å²) in [5, 5.41) is 2.04. The van der Waals surface area contributed by atoms with Crippen LogP contribution in [0.1, 0.15) is 0 Å². The number of ether oxygens (including phenoxy) is 2. The highest BCUT2D eigenvalue weighted by atomic mass is 32.2. The molecule has 0 aromatic heterocycles. The summed E-state index contributed by atoms with van der Waals surface area (Å²) in [6, 6.07) is 21.1. The quantitative estimate of drug-likeness (QED) is 0.468. The van der Waals surface area contributed by atoms with Crippen LogP contribution in [0.15, 0.2) is 77.7 Å². The molecule has 0 radical (unpaired) electrons. The summed E-state index contributed by atoms with van der Waals surface area (Å²) in [5.41, 5.74) is 0. The minimum Gasteiger partial charge on any atom is -0.744 e. The van der Waals surface area contributed by atoms with Gasteiger partial charge in [0.15, 0.2) is 0 Å². The van der Waals surface area contributed by atoms with E-state index in [0.29, 0.717) is 16.8 Å². The topological polar surface area (TPSA) is 75.7 Å². The molecule has 0 saturated carbocycles. The second kappa shape index (κ2) is 8.09. The normalized spacial score (nSPS) is 11.4. The minimum absolute atomic E-state index is 0.229. The molecule has 140 valence electrons. The van der Waals surface area contributed by atoms with Gasteiger partial charge >= 0.3 is 0 Å². The van der Waals surface area contributed by atoms with Crippen molar-refractivity contribution in [3.8, 4) is 11.5 Å². The molecule has 0 aliphatic heterocycles. The highest BCUT2D eigenvalue weighted by molar-refractivity contribution is 7.88. The molecular formula is C20H18O5PS-. The molecule has 0 aliphatic carbocycles. The summed E-state index contributed by atoms with van der Waals surface area (Å²) in [6.07, 6.45) is 0. The van der Waals surface area contributed by atoms with Gasteiger partial charge in [0.1, 0.15) is 21.6 Å². The molecule has 7 heteroatoms. The molecule has 3 aromatic carbocycles. The van der Waals surface area contributed by atoms with Crippen LogP contribution in [0.25, 0.3) is 0 Å². The molecular weight excluding hydrogens is 383 g/mol. The third-order valence-corrected chi connectivity index (χ3v) is 7.65. The first kappa shape index (κ1) is 19.4. The Kier molecular flexibility index (Phi) is 5.80. The van der Waals surface area contributed by atoms with Gasteiger partial charge in [0, 0.05) is 15.9 Å². The van der Waals surface area contributed by atoms with Gasteiger partial charge in [-0.3, -0.25) is 0 Å². The summed E-state index contributed by atoms with van der Waals surface area (Å²) in [6.45, 7) is 0. The summed E-state index contributed by atoms with van der Waals surface area (Å²) in [4.78, 5) is -0.229. The van der Waals surface area contributed by atoms with E-state index in [2.05, 4.69) is 0 Å². The van der Waals surface area contributed by atoms with Gasteiger partial charge in [-0.05, 0) is 26.1 Å². The molecule has 0 N–H and O–H groups in total. The fraction of sp³-hybridized carbons (Fsp3) is 0.100. The van der Waals surface area contributed by atoms with E-state index in [-0.39, 0.29) is 4.90 Å². The maximum atomic E-state index is 11.9. The van der Waals surface area contributed by atoms with E-state index in [9.17, 15) is 13.0 Å². The third kappa shape index (κ3) is 3.98. The summed E-state index contributed by atoms with van der Waals surface area (Å²) >= 11 is 0. The molecule has 27 heavy (non-hydrogen) atoms. The molecule has 0 saturated heterocycles. The lowest BCUT2D eigenvalue weighted by molar-refractivity contribution is 0.417. The van der Waals surface area contributed by atoms with Crippen LogP contribution in [-0.4, -0.2) is 27.2 Å². The van der Waals surface area contributed by atoms with E-state index in [1.807, 2.05) is 48.5 Å². The van der Waals surface area contributed by atoms with Gasteiger partial charge < -0.3 is 14.0 Å². The average Bonchev–Trinajstić information content (AvgIpc) is 2.68. The van der Waals surface area contributed by atoms with E-state index >= 15 is 0 Å². The minimum atomic E-state index is -4.65. The van der Waals surface area contributed by atoms with E-state index in [0.717, 1.165) is 10.6 Å². The molecule has 0 aliphatic rings. The number of methoxy groups -OCH3 is 2. The van der Waals surface area contributed by atoms with Gasteiger partial charge in [-0.15, -0.1) is 0 Å². The molecule has 0 atom stereocenters. The van der Waals surface area contributed by atoms with E-state index < -0.39 is 18.0 Å². The molecule has 0 amide bonds. The number of hydrogen-bond acceptors (Lipinski definition) is 5. The largest absolute Gasteiger partial charge is 0.744 e. The summed E-state index contributed by atoms with van der Waals surface area (Å²) in [5.74, 6) is 1.24. The number of benzene rings is 3. The number of hydrogen-bond donors (Lipinski definition) is 0. The van der Waals surface area contributed by atoms with Crippen LogP contribution in [0.2, 0.25) is 0 Å². The zero-order valence-electron chi connectivity index (χ0n) is 14.8. The van der Waals surface area contributed by atoms with E-state index in [4.69, 9.17) is 9.47 Å². The fourth-order valence-corrected chi connectivity index (χ4v) is 6.60. The molecule has 0 fully saturated rings. The van der Waals surface area contributed by atoms with Crippen LogP contribution < -0.4 is 25.4 Å². The number of rotatable bonds is 6. The Hall–Kier alpha value is -2.40. The van der Waals surface area contributed by atoms with Crippen molar-refractivity contribution >= 4 is 34.0 Å². The SMILES string of the molecule is COc1ccccc1P(c1ccccc1OC)c1ccccc1S(=O)(=O)[O-]. The first-order valence-corrected chi connectivity index (χ1v) is 10.8. The highest BCUT2D eigenvalue weighted by Crippen LogP contribution is 2.41. The van der Waals surface area contributed by atoms with Crippen molar-refractivity contribution < 1.29 is 22.4 Å². The van der Waals surface area contributed by atoms with Crippen molar-refractivity contribution in [2.75, 3.05) is 14.2 Å². The third-order valence-electron chi connectivity index (χ3n) is 4.03. The number of para-hydroxylation sites is 2. The monoisotopic (exact) mass is 401 g/mol. The molecule has 0 heterocycles.